The molecule has 0 saturated carbocycles. The second kappa shape index (κ2) is 8.99. The van der Waals surface area contributed by atoms with E-state index < -0.39 is 11.6 Å². The third-order valence-electron chi connectivity index (χ3n) is 4.51. The molecule has 9 heteroatoms. The summed E-state index contributed by atoms with van der Waals surface area (Å²) in [5.74, 6) is -0.00119. The summed E-state index contributed by atoms with van der Waals surface area (Å²) in [6.07, 6.45) is 1.37. The van der Waals surface area contributed by atoms with Crippen molar-refractivity contribution in [2.75, 3.05) is 0 Å². The van der Waals surface area contributed by atoms with Crippen LogP contribution >= 0.6 is 45.5 Å². The first-order chi connectivity index (χ1) is 15.1. The van der Waals surface area contributed by atoms with Gasteiger partial charge in [-0.2, -0.15) is 5.10 Å². The molecule has 0 saturated heterocycles. The van der Waals surface area contributed by atoms with Crippen LogP contribution in [0.25, 0.3) is 16.2 Å². The van der Waals surface area contributed by atoms with Crippen LogP contribution in [0.4, 0.5) is 0 Å². The SMILES string of the molecule is C[C@@H](Oc1cc(-c2cnc3ccc(I)nn23)sc1C(=O)OC(C)(C)C)c1ccccc1Cl. The molecule has 0 amide bonds. The predicted molar refractivity (Wildman–Crippen MR) is 135 cm³/mol. The first-order valence-electron chi connectivity index (χ1n) is 9.91. The van der Waals surface area contributed by atoms with Gasteiger partial charge in [-0.15, -0.1) is 11.3 Å². The van der Waals surface area contributed by atoms with Crippen LogP contribution < -0.4 is 4.74 Å². The molecule has 4 aromatic rings. The Bertz CT molecular complexity index is 1300. The quantitative estimate of drug-likeness (QED) is 0.191. The first-order valence-corrected chi connectivity index (χ1v) is 12.2. The van der Waals surface area contributed by atoms with Crippen LogP contribution in [-0.2, 0) is 4.74 Å². The highest BCUT2D eigenvalue weighted by Gasteiger charge is 2.27. The minimum absolute atomic E-state index is 0.367. The van der Waals surface area contributed by atoms with Crippen LogP contribution in [0.5, 0.6) is 5.75 Å². The van der Waals surface area contributed by atoms with Crippen LogP contribution in [0.3, 0.4) is 0 Å². The van der Waals surface area contributed by atoms with Crippen molar-refractivity contribution < 1.29 is 14.3 Å². The molecule has 0 N–H and O–H groups in total. The van der Waals surface area contributed by atoms with E-state index >= 15 is 0 Å². The van der Waals surface area contributed by atoms with Crippen molar-refractivity contribution in [2.24, 2.45) is 0 Å². The predicted octanol–water partition coefficient (Wildman–Crippen LogP) is 6.81. The fourth-order valence-electron chi connectivity index (χ4n) is 3.13. The summed E-state index contributed by atoms with van der Waals surface area (Å²) in [6.45, 7) is 7.41. The molecule has 166 valence electrons. The molecular formula is C23H21ClIN3O3S. The molecule has 1 aromatic carbocycles. The average molecular weight is 582 g/mol. The van der Waals surface area contributed by atoms with Gasteiger partial charge in [-0.3, -0.25) is 0 Å². The highest BCUT2D eigenvalue weighted by molar-refractivity contribution is 14.1. The van der Waals surface area contributed by atoms with E-state index in [-0.39, 0.29) is 6.10 Å². The number of ether oxygens (including phenoxy) is 2. The molecule has 0 radical (unpaired) electrons. The monoisotopic (exact) mass is 581 g/mol. The minimum atomic E-state index is -0.631. The maximum atomic E-state index is 13.0. The van der Waals surface area contributed by atoms with Crippen molar-refractivity contribution in [1.29, 1.82) is 0 Å². The van der Waals surface area contributed by atoms with Crippen molar-refractivity contribution in [3.63, 3.8) is 0 Å². The fraction of sp³-hybridized carbons (Fsp3) is 0.261. The molecule has 4 rings (SSSR count). The van der Waals surface area contributed by atoms with Crippen LogP contribution in [0, 0.1) is 3.70 Å². The summed E-state index contributed by atoms with van der Waals surface area (Å²) < 4.78 is 14.5. The van der Waals surface area contributed by atoms with E-state index in [1.807, 2.05) is 70.2 Å². The van der Waals surface area contributed by atoms with Crippen LogP contribution in [0.1, 0.15) is 49.0 Å². The van der Waals surface area contributed by atoms with Gasteiger partial charge in [-0.1, -0.05) is 29.8 Å². The van der Waals surface area contributed by atoms with E-state index in [0.717, 1.165) is 25.5 Å². The molecule has 3 heterocycles. The summed E-state index contributed by atoms with van der Waals surface area (Å²) in [5.41, 5.74) is 1.70. The van der Waals surface area contributed by atoms with Crippen molar-refractivity contribution in [3.8, 4) is 16.3 Å². The van der Waals surface area contributed by atoms with Crippen molar-refractivity contribution in [1.82, 2.24) is 14.6 Å². The van der Waals surface area contributed by atoms with Gasteiger partial charge in [0.25, 0.3) is 0 Å². The molecule has 1 atom stereocenters. The van der Waals surface area contributed by atoms with E-state index in [9.17, 15) is 4.79 Å². The molecule has 0 fully saturated rings. The number of aromatic nitrogens is 3. The summed E-state index contributed by atoms with van der Waals surface area (Å²) in [6, 6.07) is 13.1. The number of nitrogens with zero attached hydrogens (tertiary/aromatic N) is 3. The van der Waals surface area contributed by atoms with E-state index in [0.29, 0.717) is 15.6 Å². The lowest BCUT2D eigenvalue weighted by Crippen LogP contribution is -2.23. The van der Waals surface area contributed by atoms with Gasteiger partial charge in [-0.05, 0) is 68.5 Å². The Morgan fingerprint density at radius 2 is 1.97 bits per heavy atom. The van der Waals surface area contributed by atoms with Gasteiger partial charge in [0.2, 0.25) is 0 Å². The summed E-state index contributed by atoms with van der Waals surface area (Å²) in [7, 11) is 0. The topological polar surface area (TPSA) is 65.7 Å². The number of rotatable bonds is 5. The molecule has 0 aliphatic carbocycles. The number of halogens is 2. The van der Waals surface area contributed by atoms with Crippen molar-refractivity contribution >= 4 is 57.1 Å². The summed E-state index contributed by atoms with van der Waals surface area (Å²) in [4.78, 5) is 18.6. The number of benzene rings is 1. The van der Waals surface area contributed by atoms with Crippen LogP contribution in [-0.4, -0.2) is 26.2 Å². The number of hydrogen-bond acceptors (Lipinski definition) is 6. The Morgan fingerprint density at radius 3 is 2.69 bits per heavy atom. The Labute approximate surface area is 208 Å². The number of carbonyl (C=O) groups is 1. The summed E-state index contributed by atoms with van der Waals surface area (Å²) >= 11 is 9.80. The Balaban J connectivity index is 1.77. The molecule has 0 unspecified atom stereocenters. The van der Waals surface area contributed by atoms with Crippen LogP contribution in [0.15, 0.2) is 48.7 Å². The second-order valence-corrected chi connectivity index (χ2v) is 10.7. The zero-order valence-corrected chi connectivity index (χ0v) is 21.7. The highest BCUT2D eigenvalue weighted by Crippen LogP contribution is 2.40. The van der Waals surface area contributed by atoms with E-state index in [2.05, 4.69) is 32.7 Å². The normalized spacial score (nSPS) is 12.7. The molecule has 0 bridgehead atoms. The van der Waals surface area contributed by atoms with Gasteiger partial charge in [0.15, 0.2) is 10.5 Å². The van der Waals surface area contributed by atoms with Gasteiger partial charge in [0.05, 0.1) is 11.1 Å². The maximum absolute atomic E-state index is 13.0. The first kappa shape index (κ1) is 23.0. The lowest BCUT2D eigenvalue weighted by Gasteiger charge is -2.20. The van der Waals surface area contributed by atoms with E-state index in [1.54, 1.807) is 10.7 Å². The van der Waals surface area contributed by atoms with Gasteiger partial charge >= 0.3 is 5.97 Å². The third kappa shape index (κ3) is 4.92. The van der Waals surface area contributed by atoms with E-state index in [1.165, 1.54) is 11.3 Å². The molecule has 6 nitrogen and oxygen atoms in total. The van der Waals surface area contributed by atoms with Gasteiger partial charge in [0, 0.05) is 16.7 Å². The fourth-order valence-corrected chi connectivity index (χ4v) is 4.78. The smallest absolute Gasteiger partial charge is 0.352 e. The van der Waals surface area contributed by atoms with Gasteiger partial charge < -0.3 is 9.47 Å². The van der Waals surface area contributed by atoms with E-state index in [4.69, 9.17) is 21.1 Å². The molecule has 0 aliphatic heterocycles. The standard InChI is InChI=1S/C23H21ClIN3O3S/c1-13(14-7-5-6-8-15(14)24)30-17-11-18(32-21(17)22(29)31-23(2,3)4)16-12-26-20-10-9-19(25)27-28(16)20/h5-13H,1-4H3/t13-/m1/s1. The molecule has 3 aromatic heterocycles. The lowest BCUT2D eigenvalue weighted by atomic mass is 10.1. The lowest BCUT2D eigenvalue weighted by molar-refractivity contribution is 0.00706. The number of carbonyl (C=O) groups excluding carboxylic acids is 1. The number of thiophene rings is 1. The van der Waals surface area contributed by atoms with Gasteiger partial charge in [0.1, 0.15) is 26.8 Å². The Hall–Kier alpha value is -2.17. The third-order valence-corrected chi connectivity index (χ3v) is 6.55. The summed E-state index contributed by atoms with van der Waals surface area (Å²) in [5, 5.41) is 5.15. The largest absolute Gasteiger partial charge is 0.484 e. The number of fused-ring (bicyclic) bond motifs is 1. The molecule has 32 heavy (non-hydrogen) atoms. The highest BCUT2D eigenvalue weighted by atomic mass is 127. The van der Waals surface area contributed by atoms with Crippen LogP contribution in [0.2, 0.25) is 5.02 Å². The molecule has 0 aliphatic rings. The Kier molecular flexibility index (Phi) is 6.46. The zero-order valence-electron chi connectivity index (χ0n) is 17.9. The van der Waals surface area contributed by atoms with Crippen molar-refractivity contribution in [3.05, 3.63) is 67.8 Å². The number of esters is 1. The van der Waals surface area contributed by atoms with Crippen molar-refractivity contribution in [2.45, 2.75) is 39.4 Å². The average Bonchev–Trinajstić information content (AvgIpc) is 3.30. The number of imidazole rings is 1. The molecular weight excluding hydrogens is 561 g/mol. The molecule has 0 spiro atoms. The minimum Gasteiger partial charge on any atom is -0.484 e. The van der Waals surface area contributed by atoms with Gasteiger partial charge in [-0.25, -0.2) is 14.3 Å². The zero-order chi connectivity index (χ0) is 23.0. The number of hydrogen-bond donors (Lipinski definition) is 0. The Morgan fingerprint density at radius 1 is 1.22 bits per heavy atom. The second-order valence-electron chi connectivity index (χ2n) is 8.16. The maximum Gasteiger partial charge on any atom is 0.352 e.